The Kier molecular flexibility index (Phi) is 6.71. The van der Waals surface area contributed by atoms with Gasteiger partial charge in [0, 0.05) is 41.0 Å². The van der Waals surface area contributed by atoms with E-state index in [9.17, 15) is 4.79 Å². The first-order valence-corrected chi connectivity index (χ1v) is 12.1. The van der Waals surface area contributed by atoms with E-state index in [4.69, 9.17) is 4.74 Å². The maximum absolute atomic E-state index is 13.4. The molecule has 3 aromatic carbocycles. The smallest absolute Gasteiger partial charge is 0.355 e. The molecule has 0 aliphatic rings. The number of hydrogen-bond donors (Lipinski definition) is 0. The normalized spacial score (nSPS) is 11.0. The summed E-state index contributed by atoms with van der Waals surface area (Å²) in [6, 6.07) is 31.0. The maximum Gasteiger partial charge on any atom is 0.355 e. The molecule has 5 aromatic rings. The quantitative estimate of drug-likeness (QED) is 0.230. The average molecular weight is 461 g/mol. The minimum atomic E-state index is -0.287. The van der Waals surface area contributed by atoms with E-state index in [1.54, 1.807) is 6.20 Å². The number of carbonyl (C=O) groups is 1. The summed E-state index contributed by atoms with van der Waals surface area (Å²) < 4.78 is 7.71. The maximum atomic E-state index is 13.4. The minimum Gasteiger partial charge on any atom is -0.461 e. The van der Waals surface area contributed by atoms with Gasteiger partial charge in [0.1, 0.15) is 5.69 Å². The van der Waals surface area contributed by atoms with Crippen molar-refractivity contribution in [3.8, 4) is 22.3 Å². The van der Waals surface area contributed by atoms with Crippen LogP contribution >= 0.6 is 0 Å². The Labute approximate surface area is 205 Å². The van der Waals surface area contributed by atoms with Gasteiger partial charge in [0.15, 0.2) is 0 Å². The zero-order chi connectivity index (χ0) is 24.0. The highest BCUT2D eigenvalue weighted by atomic mass is 16.5. The Bertz CT molecular complexity index is 1430. The van der Waals surface area contributed by atoms with E-state index in [0.29, 0.717) is 12.3 Å². The van der Waals surface area contributed by atoms with E-state index < -0.39 is 0 Å². The van der Waals surface area contributed by atoms with Crippen molar-refractivity contribution in [1.29, 1.82) is 0 Å². The highest BCUT2D eigenvalue weighted by Crippen LogP contribution is 2.38. The number of aryl methyl sites for hydroxylation is 2. The lowest BCUT2D eigenvalue weighted by Gasteiger charge is -2.12. The lowest BCUT2D eigenvalue weighted by Crippen LogP contribution is -2.14. The molecule has 0 saturated carbocycles. The Morgan fingerprint density at radius 2 is 1.60 bits per heavy atom. The molecular weight excluding hydrogens is 432 g/mol. The number of ether oxygens (including phenoxy) is 1. The number of benzene rings is 3. The van der Waals surface area contributed by atoms with Gasteiger partial charge in [-0.25, -0.2) is 4.79 Å². The molecule has 0 aliphatic carbocycles. The molecule has 4 nitrogen and oxygen atoms in total. The highest BCUT2D eigenvalue weighted by molar-refractivity contribution is 6.09. The third-order valence-corrected chi connectivity index (χ3v) is 6.28. The van der Waals surface area contributed by atoms with Gasteiger partial charge in [-0.3, -0.25) is 4.98 Å². The summed E-state index contributed by atoms with van der Waals surface area (Å²) in [4.78, 5) is 17.7. The third kappa shape index (κ3) is 4.73. The van der Waals surface area contributed by atoms with Gasteiger partial charge in [0.05, 0.1) is 6.61 Å². The summed E-state index contributed by atoms with van der Waals surface area (Å²) in [5, 5.41) is 1.04. The molecule has 174 valence electrons. The van der Waals surface area contributed by atoms with E-state index >= 15 is 0 Å². The fraction of sp³-hybridized carbons (Fsp3) is 0.161. The second kappa shape index (κ2) is 10.4. The highest BCUT2D eigenvalue weighted by Gasteiger charge is 2.25. The van der Waals surface area contributed by atoms with E-state index in [0.717, 1.165) is 52.5 Å². The molecule has 35 heavy (non-hydrogen) atoms. The standard InChI is InChI=1S/C31H28N2O2/c1-2-35-31(34)30-29(24-14-7-4-8-15-24)27-21-25(26-16-9-19-32-22-26)17-18-28(27)33(30)20-10-13-23-11-5-3-6-12-23/h3-9,11-12,14-19,21-22H,2,10,13,20H2,1H3. The van der Waals surface area contributed by atoms with Crippen LogP contribution in [0.3, 0.4) is 0 Å². The van der Waals surface area contributed by atoms with Crippen LogP contribution in [0, 0.1) is 0 Å². The number of hydrogen-bond acceptors (Lipinski definition) is 3. The molecule has 0 bridgehead atoms. The Balaban J connectivity index is 1.67. The van der Waals surface area contributed by atoms with Crippen LogP contribution in [0.2, 0.25) is 0 Å². The summed E-state index contributed by atoms with van der Waals surface area (Å²) in [7, 11) is 0. The van der Waals surface area contributed by atoms with Crippen molar-refractivity contribution in [2.24, 2.45) is 0 Å². The lowest BCUT2D eigenvalue weighted by atomic mass is 9.99. The van der Waals surface area contributed by atoms with Gasteiger partial charge in [0.2, 0.25) is 0 Å². The van der Waals surface area contributed by atoms with Gasteiger partial charge < -0.3 is 9.30 Å². The van der Waals surface area contributed by atoms with Crippen molar-refractivity contribution in [2.75, 3.05) is 6.61 Å². The van der Waals surface area contributed by atoms with Crippen molar-refractivity contribution < 1.29 is 9.53 Å². The van der Waals surface area contributed by atoms with Crippen LogP contribution in [-0.4, -0.2) is 22.1 Å². The fourth-order valence-corrected chi connectivity index (χ4v) is 4.69. The molecule has 4 heteroatoms. The number of rotatable bonds is 8. The first-order valence-electron chi connectivity index (χ1n) is 12.1. The van der Waals surface area contributed by atoms with Gasteiger partial charge in [0.25, 0.3) is 0 Å². The van der Waals surface area contributed by atoms with E-state index in [2.05, 4.69) is 70.2 Å². The molecule has 0 atom stereocenters. The Morgan fingerprint density at radius 3 is 2.31 bits per heavy atom. The Morgan fingerprint density at radius 1 is 0.857 bits per heavy atom. The van der Waals surface area contributed by atoms with Crippen molar-refractivity contribution in [1.82, 2.24) is 9.55 Å². The molecule has 5 rings (SSSR count). The summed E-state index contributed by atoms with van der Waals surface area (Å²) >= 11 is 0. The van der Waals surface area contributed by atoms with Crippen molar-refractivity contribution in [3.05, 3.63) is 115 Å². The molecule has 0 radical (unpaired) electrons. The van der Waals surface area contributed by atoms with Crippen molar-refractivity contribution in [2.45, 2.75) is 26.3 Å². The molecule has 2 aromatic heterocycles. The van der Waals surface area contributed by atoms with Gasteiger partial charge in [-0.2, -0.15) is 0 Å². The zero-order valence-electron chi connectivity index (χ0n) is 19.9. The SMILES string of the molecule is CCOC(=O)c1c(-c2ccccc2)c2cc(-c3cccnc3)ccc2n1CCCc1ccccc1. The van der Waals surface area contributed by atoms with Crippen LogP contribution in [-0.2, 0) is 17.7 Å². The van der Waals surface area contributed by atoms with E-state index in [1.165, 1.54) is 5.56 Å². The van der Waals surface area contributed by atoms with Crippen LogP contribution in [0.1, 0.15) is 29.4 Å². The van der Waals surface area contributed by atoms with Crippen molar-refractivity contribution in [3.63, 3.8) is 0 Å². The number of pyridine rings is 1. The zero-order valence-corrected chi connectivity index (χ0v) is 19.9. The molecular formula is C31H28N2O2. The van der Waals surface area contributed by atoms with Crippen LogP contribution in [0.15, 0.2) is 103 Å². The summed E-state index contributed by atoms with van der Waals surface area (Å²) in [6.07, 6.45) is 5.50. The fourth-order valence-electron chi connectivity index (χ4n) is 4.69. The third-order valence-electron chi connectivity index (χ3n) is 6.28. The predicted molar refractivity (Wildman–Crippen MR) is 141 cm³/mol. The molecule has 2 heterocycles. The summed E-state index contributed by atoms with van der Waals surface area (Å²) in [5.74, 6) is -0.287. The Hall–Kier alpha value is -4.18. The molecule has 0 aliphatic heterocycles. The molecule has 0 saturated heterocycles. The van der Waals surface area contributed by atoms with Crippen molar-refractivity contribution >= 4 is 16.9 Å². The first kappa shape index (κ1) is 22.6. The van der Waals surface area contributed by atoms with Gasteiger partial charge in [-0.05, 0) is 54.7 Å². The van der Waals surface area contributed by atoms with E-state index in [-0.39, 0.29) is 5.97 Å². The topological polar surface area (TPSA) is 44.1 Å². The molecule has 0 spiro atoms. The lowest BCUT2D eigenvalue weighted by molar-refractivity contribution is 0.0515. The van der Waals surface area contributed by atoms with Gasteiger partial charge in [-0.15, -0.1) is 0 Å². The molecule has 0 unspecified atom stereocenters. The predicted octanol–water partition coefficient (Wildman–Crippen LogP) is 7.18. The molecule has 0 amide bonds. The van der Waals surface area contributed by atoms with Crippen LogP contribution in [0.5, 0.6) is 0 Å². The number of aromatic nitrogens is 2. The molecule has 0 fully saturated rings. The van der Waals surface area contributed by atoms with Crippen LogP contribution in [0.25, 0.3) is 33.2 Å². The minimum absolute atomic E-state index is 0.287. The number of fused-ring (bicyclic) bond motifs is 1. The van der Waals surface area contributed by atoms with Crippen LogP contribution in [0.4, 0.5) is 0 Å². The summed E-state index contributed by atoms with van der Waals surface area (Å²) in [6.45, 7) is 2.90. The summed E-state index contributed by atoms with van der Waals surface area (Å²) in [5.41, 5.74) is 6.98. The van der Waals surface area contributed by atoms with Crippen LogP contribution < -0.4 is 0 Å². The monoisotopic (exact) mass is 460 g/mol. The van der Waals surface area contributed by atoms with Gasteiger partial charge >= 0.3 is 5.97 Å². The largest absolute Gasteiger partial charge is 0.461 e. The molecule has 0 N–H and O–H groups in total. The first-order chi connectivity index (χ1) is 17.3. The van der Waals surface area contributed by atoms with Gasteiger partial charge in [-0.1, -0.05) is 72.8 Å². The number of esters is 1. The average Bonchev–Trinajstić information content (AvgIpc) is 3.24. The second-order valence-electron chi connectivity index (χ2n) is 8.52. The number of nitrogens with zero attached hydrogens (tertiary/aromatic N) is 2. The van der Waals surface area contributed by atoms with E-state index in [1.807, 2.05) is 43.5 Å². The second-order valence-corrected chi connectivity index (χ2v) is 8.52. The number of carbonyl (C=O) groups excluding carboxylic acids is 1.